The summed E-state index contributed by atoms with van der Waals surface area (Å²) in [4.78, 5) is 0. The Morgan fingerprint density at radius 1 is 0.309 bits per heavy atom. The molecular formula is C51H36N4. The molecule has 0 aliphatic rings. The monoisotopic (exact) mass is 704 g/mol. The number of fused-ring (bicyclic) bond motifs is 3. The van der Waals surface area contributed by atoms with Crippen LogP contribution in [0.25, 0.3) is 89.3 Å². The number of nitrogens with zero attached hydrogens (tertiary/aromatic N) is 4. The van der Waals surface area contributed by atoms with Crippen molar-refractivity contribution in [1.29, 1.82) is 0 Å². The minimum absolute atomic E-state index is 0.802. The van der Waals surface area contributed by atoms with Crippen molar-refractivity contribution in [2.75, 3.05) is 0 Å². The highest BCUT2D eigenvalue weighted by Gasteiger charge is 2.19. The first kappa shape index (κ1) is 32.4. The molecule has 0 radical (unpaired) electrons. The Hall–Kier alpha value is -7.30. The number of hydrogen-bond acceptors (Lipinski definition) is 2. The van der Waals surface area contributed by atoms with Gasteiger partial charge in [0.1, 0.15) is 0 Å². The maximum atomic E-state index is 4.74. The molecule has 0 aliphatic heterocycles. The van der Waals surface area contributed by atoms with Crippen molar-refractivity contribution in [2.24, 2.45) is 0 Å². The molecule has 10 rings (SSSR count). The van der Waals surface area contributed by atoms with Crippen LogP contribution in [0.4, 0.5) is 0 Å². The highest BCUT2D eigenvalue weighted by atomic mass is 15.3. The van der Waals surface area contributed by atoms with Crippen LogP contribution in [0.1, 0.15) is 5.56 Å². The summed E-state index contributed by atoms with van der Waals surface area (Å²) in [5.41, 5.74) is 14.9. The second-order valence-corrected chi connectivity index (χ2v) is 14.0. The van der Waals surface area contributed by atoms with Gasteiger partial charge in [-0.05, 0) is 76.7 Å². The molecule has 0 unspecified atom stereocenters. The minimum atomic E-state index is 0.802. The fourth-order valence-electron chi connectivity index (χ4n) is 7.91. The van der Waals surface area contributed by atoms with E-state index >= 15 is 0 Å². The molecule has 2 heterocycles. The van der Waals surface area contributed by atoms with Crippen molar-refractivity contribution in [2.45, 2.75) is 6.92 Å². The molecule has 0 N–H and O–H groups in total. The van der Waals surface area contributed by atoms with Crippen molar-refractivity contribution in [3.8, 4) is 67.5 Å². The van der Waals surface area contributed by atoms with Crippen LogP contribution in [0, 0.1) is 6.92 Å². The summed E-state index contributed by atoms with van der Waals surface area (Å²) in [5.74, 6) is 1.62. The van der Waals surface area contributed by atoms with Crippen molar-refractivity contribution >= 4 is 21.8 Å². The molecule has 10 aromatic rings. The van der Waals surface area contributed by atoms with Crippen LogP contribution in [0.2, 0.25) is 0 Å². The van der Waals surface area contributed by atoms with Gasteiger partial charge in [-0.25, -0.2) is 0 Å². The fourth-order valence-corrected chi connectivity index (χ4v) is 7.91. The molecule has 0 fully saturated rings. The summed E-state index contributed by atoms with van der Waals surface area (Å²) in [5, 5.41) is 12.0. The number of benzene rings is 8. The summed E-state index contributed by atoms with van der Waals surface area (Å²) in [6.07, 6.45) is 0. The fraction of sp³-hybridized carbons (Fsp3) is 0.0196. The summed E-state index contributed by atoms with van der Waals surface area (Å²) >= 11 is 0. The second-order valence-electron chi connectivity index (χ2n) is 14.0. The van der Waals surface area contributed by atoms with Crippen LogP contribution in [-0.2, 0) is 0 Å². The van der Waals surface area contributed by atoms with Crippen LogP contribution < -0.4 is 0 Å². The van der Waals surface area contributed by atoms with E-state index in [1.165, 1.54) is 55.2 Å². The molecule has 0 aliphatic carbocycles. The highest BCUT2D eigenvalue weighted by Crippen LogP contribution is 2.40. The van der Waals surface area contributed by atoms with E-state index in [0.717, 1.165) is 39.7 Å². The van der Waals surface area contributed by atoms with Gasteiger partial charge in [-0.2, -0.15) is 0 Å². The van der Waals surface area contributed by atoms with Crippen molar-refractivity contribution in [3.05, 3.63) is 206 Å². The predicted octanol–water partition coefficient (Wildman–Crippen LogP) is 13.0. The van der Waals surface area contributed by atoms with E-state index in [4.69, 9.17) is 10.2 Å². The van der Waals surface area contributed by atoms with Gasteiger partial charge >= 0.3 is 0 Å². The van der Waals surface area contributed by atoms with Crippen molar-refractivity contribution in [1.82, 2.24) is 19.3 Å². The van der Waals surface area contributed by atoms with Gasteiger partial charge in [-0.15, -0.1) is 10.2 Å². The molecule has 0 amide bonds. The maximum Gasteiger partial charge on any atom is 0.168 e. The first-order chi connectivity index (χ1) is 27.2. The van der Waals surface area contributed by atoms with Crippen molar-refractivity contribution in [3.63, 3.8) is 0 Å². The Morgan fingerprint density at radius 2 is 0.691 bits per heavy atom. The van der Waals surface area contributed by atoms with E-state index < -0.39 is 0 Å². The van der Waals surface area contributed by atoms with Gasteiger partial charge in [0.15, 0.2) is 11.6 Å². The molecule has 8 aromatic carbocycles. The number of para-hydroxylation sites is 3. The number of hydrogen-bond donors (Lipinski definition) is 0. The summed E-state index contributed by atoms with van der Waals surface area (Å²) < 4.78 is 4.52. The van der Waals surface area contributed by atoms with E-state index in [0.29, 0.717) is 0 Å². The Kier molecular flexibility index (Phi) is 8.00. The Bertz CT molecular complexity index is 2900. The van der Waals surface area contributed by atoms with E-state index in [1.54, 1.807) is 0 Å². The van der Waals surface area contributed by atoms with Crippen LogP contribution in [-0.4, -0.2) is 19.3 Å². The third kappa shape index (κ3) is 5.72. The summed E-state index contributed by atoms with van der Waals surface area (Å²) in [6.45, 7) is 2.10. The van der Waals surface area contributed by atoms with Crippen LogP contribution >= 0.6 is 0 Å². The lowest BCUT2D eigenvalue weighted by molar-refractivity contribution is 1.07. The average Bonchev–Trinajstić information content (AvgIpc) is 3.85. The first-order valence-corrected chi connectivity index (χ1v) is 18.7. The topological polar surface area (TPSA) is 35.6 Å². The number of aromatic nitrogens is 4. The van der Waals surface area contributed by atoms with Gasteiger partial charge in [0, 0.05) is 33.3 Å². The Balaban J connectivity index is 1.01. The second kappa shape index (κ2) is 13.6. The predicted molar refractivity (Wildman–Crippen MR) is 228 cm³/mol. The lowest BCUT2D eigenvalue weighted by atomic mass is 9.89. The molecule has 260 valence electrons. The van der Waals surface area contributed by atoms with E-state index in [2.05, 4.69) is 210 Å². The molecule has 4 nitrogen and oxygen atoms in total. The smallest absolute Gasteiger partial charge is 0.168 e. The van der Waals surface area contributed by atoms with Gasteiger partial charge in [-0.3, -0.25) is 4.57 Å². The first-order valence-electron chi connectivity index (χ1n) is 18.7. The standard InChI is InChI=1S/C51H36N4/c1-35-23-25-38(26-24-35)50-52-53-51(55(50)40-13-3-2-4-14-40)39-29-27-36(28-30-39)42-15-5-7-17-44(42)45-18-8-6-16-43(45)37-31-33-41(34-32-37)54-48-21-11-9-19-46(48)47-20-10-12-22-49(47)54/h2-34H,1H3. The molecule has 0 bridgehead atoms. The third-order valence-electron chi connectivity index (χ3n) is 10.6. The van der Waals surface area contributed by atoms with Crippen LogP contribution in [0.5, 0.6) is 0 Å². The van der Waals surface area contributed by atoms with Gasteiger partial charge in [0.2, 0.25) is 0 Å². The quantitative estimate of drug-likeness (QED) is 0.166. The third-order valence-corrected chi connectivity index (χ3v) is 10.6. The SMILES string of the molecule is Cc1ccc(-c2nnc(-c3ccc(-c4ccccc4-c4ccccc4-c4ccc(-n5c6ccccc6c6ccccc65)cc4)cc3)n2-c2ccccc2)cc1. The molecular weight excluding hydrogens is 669 g/mol. The van der Waals surface area contributed by atoms with Gasteiger partial charge in [0.25, 0.3) is 0 Å². The lowest BCUT2D eigenvalue weighted by Crippen LogP contribution is -2.00. The molecule has 55 heavy (non-hydrogen) atoms. The van der Waals surface area contributed by atoms with E-state index in [1.807, 2.05) is 6.07 Å². The van der Waals surface area contributed by atoms with Crippen LogP contribution in [0.15, 0.2) is 200 Å². The molecule has 4 heteroatoms. The minimum Gasteiger partial charge on any atom is -0.309 e. The zero-order valence-corrected chi connectivity index (χ0v) is 30.3. The van der Waals surface area contributed by atoms with Gasteiger partial charge in [0.05, 0.1) is 11.0 Å². The Morgan fingerprint density at radius 3 is 1.22 bits per heavy atom. The van der Waals surface area contributed by atoms with Crippen molar-refractivity contribution < 1.29 is 0 Å². The molecule has 0 saturated heterocycles. The highest BCUT2D eigenvalue weighted by molar-refractivity contribution is 6.09. The van der Waals surface area contributed by atoms with E-state index in [-0.39, 0.29) is 0 Å². The molecule has 0 saturated carbocycles. The average molecular weight is 705 g/mol. The Labute approximate surface area is 320 Å². The molecule has 0 atom stereocenters. The largest absolute Gasteiger partial charge is 0.309 e. The van der Waals surface area contributed by atoms with Gasteiger partial charge < -0.3 is 4.57 Å². The zero-order chi connectivity index (χ0) is 36.7. The van der Waals surface area contributed by atoms with Crippen LogP contribution in [0.3, 0.4) is 0 Å². The maximum absolute atomic E-state index is 4.74. The molecule has 2 aromatic heterocycles. The summed E-state index contributed by atoms with van der Waals surface area (Å²) in [6, 6.07) is 71.2. The zero-order valence-electron chi connectivity index (χ0n) is 30.3. The van der Waals surface area contributed by atoms with E-state index in [9.17, 15) is 0 Å². The summed E-state index contributed by atoms with van der Waals surface area (Å²) in [7, 11) is 0. The lowest BCUT2D eigenvalue weighted by Gasteiger charge is -2.16. The number of rotatable bonds is 7. The number of aryl methyl sites for hydroxylation is 1. The molecule has 0 spiro atoms. The normalized spacial score (nSPS) is 11.4. The van der Waals surface area contributed by atoms with Gasteiger partial charge in [-0.1, -0.05) is 169 Å².